The van der Waals surface area contributed by atoms with Crippen molar-refractivity contribution in [3.63, 3.8) is 0 Å². The number of thiol groups is 1. The lowest BCUT2D eigenvalue weighted by Gasteiger charge is -2.16. The molecule has 0 saturated heterocycles. The van der Waals surface area contributed by atoms with Crippen LogP contribution in [0.2, 0.25) is 0 Å². The summed E-state index contributed by atoms with van der Waals surface area (Å²) < 4.78 is 0.551. The molecular weight excluding hydrogens is 212 g/mol. The summed E-state index contributed by atoms with van der Waals surface area (Å²) >= 11 is 4.98. The fraction of sp³-hybridized carbons (Fsp3) is 0.200. The zero-order valence-corrected chi connectivity index (χ0v) is 9.39. The Morgan fingerprint density at radius 2 is 2.21 bits per heavy atom. The Balaban J connectivity index is 2.66. The molecule has 0 aliphatic heterocycles. The lowest BCUT2D eigenvalue weighted by molar-refractivity contribution is 1.27. The predicted molar refractivity (Wildman–Crippen MR) is 67.4 cm³/mol. The van der Waals surface area contributed by atoms with E-state index in [0.717, 1.165) is 5.75 Å². The van der Waals surface area contributed by atoms with Crippen LogP contribution in [0.4, 0.5) is 0 Å². The molecule has 0 aliphatic carbocycles. The summed E-state index contributed by atoms with van der Waals surface area (Å²) in [5.41, 5.74) is 6.81. The quantitative estimate of drug-likeness (QED) is 0.464. The maximum atomic E-state index is 5.62. The number of terminal acetylenes is 1. The van der Waals surface area contributed by atoms with E-state index in [2.05, 4.69) is 10.9 Å². The Morgan fingerprint density at radius 3 is 2.71 bits per heavy atom. The molecule has 1 atom stereocenters. The van der Waals surface area contributed by atoms with E-state index < -0.39 is 10.9 Å². The number of hydrogen-bond donors (Lipinski definition) is 2. The van der Waals surface area contributed by atoms with E-state index >= 15 is 0 Å². The van der Waals surface area contributed by atoms with E-state index in [1.807, 2.05) is 12.1 Å². The minimum absolute atomic E-state index is 0.551. The number of rotatable bonds is 3. The van der Waals surface area contributed by atoms with Gasteiger partial charge in [0.1, 0.15) is 4.32 Å². The molecule has 1 aromatic heterocycles. The summed E-state index contributed by atoms with van der Waals surface area (Å²) in [6.45, 7) is 0. The normalized spacial score (nSPS) is 12.9. The second-order valence-corrected chi connectivity index (χ2v) is 5.69. The second-order valence-electron chi connectivity index (χ2n) is 2.75. The molecule has 0 aliphatic rings. The van der Waals surface area contributed by atoms with Crippen LogP contribution >= 0.6 is 23.1 Å². The van der Waals surface area contributed by atoms with E-state index in [-0.39, 0.29) is 0 Å². The van der Waals surface area contributed by atoms with Gasteiger partial charge in [-0.25, -0.2) is 0 Å². The van der Waals surface area contributed by atoms with Crippen LogP contribution < -0.4 is 5.73 Å². The van der Waals surface area contributed by atoms with Gasteiger partial charge in [0.05, 0.1) is 0 Å². The minimum atomic E-state index is -0.551. The fourth-order valence-electron chi connectivity index (χ4n) is 1.03. The van der Waals surface area contributed by atoms with E-state index in [1.54, 1.807) is 12.4 Å². The van der Waals surface area contributed by atoms with Crippen LogP contribution in [-0.2, 0) is 5.75 Å². The molecule has 0 fully saturated rings. The summed E-state index contributed by atoms with van der Waals surface area (Å²) in [7, 11) is -0.551. The molecule has 1 aromatic rings. The molecule has 0 saturated carbocycles. The van der Waals surface area contributed by atoms with Crippen molar-refractivity contribution in [3.05, 3.63) is 30.1 Å². The summed E-state index contributed by atoms with van der Waals surface area (Å²) in [4.78, 5) is 3.95. The molecule has 4 heteroatoms. The first kappa shape index (κ1) is 11.0. The van der Waals surface area contributed by atoms with Crippen molar-refractivity contribution < 1.29 is 0 Å². The molecule has 2 nitrogen and oxygen atoms in total. The maximum Gasteiger partial charge on any atom is 0.112 e. The number of thiocarbonyl (C=S) groups is 1. The van der Waals surface area contributed by atoms with Crippen LogP contribution in [-0.4, -0.2) is 15.1 Å². The highest BCUT2D eigenvalue weighted by molar-refractivity contribution is 8.35. The van der Waals surface area contributed by atoms with Gasteiger partial charge < -0.3 is 5.73 Å². The van der Waals surface area contributed by atoms with Gasteiger partial charge in [0.25, 0.3) is 0 Å². The lowest BCUT2D eigenvalue weighted by Crippen LogP contribution is -2.12. The van der Waals surface area contributed by atoms with Crippen molar-refractivity contribution in [2.24, 2.45) is 5.73 Å². The molecule has 2 N–H and O–H groups in total. The van der Waals surface area contributed by atoms with Crippen molar-refractivity contribution in [1.29, 1.82) is 0 Å². The number of aromatic nitrogens is 1. The van der Waals surface area contributed by atoms with Crippen molar-refractivity contribution >= 4 is 27.4 Å². The Kier molecular flexibility index (Phi) is 4.44. The first-order chi connectivity index (χ1) is 6.74. The van der Waals surface area contributed by atoms with Crippen LogP contribution in [0.5, 0.6) is 0 Å². The van der Waals surface area contributed by atoms with Crippen molar-refractivity contribution in [2.45, 2.75) is 5.75 Å². The summed E-state index contributed by atoms with van der Waals surface area (Å²) in [6, 6.07) is 3.92. The molecule has 0 amide bonds. The van der Waals surface area contributed by atoms with E-state index in [1.165, 1.54) is 5.56 Å². The minimum Gasteiger partial charge on any atom is -0.386 e. The third-order valence-corrected chi connectivity index (χ3v) is 4.43. The Bertz CT molecular complexity index is 343. The largest absolute Gasteiger partial charge is 0.386 e. The molecule has 1 rings (SSSR count). The average Bonchev–Trinajstić information content (AvgIpc) is 2.18. The smallest absolute Gasteiger partial charge is 0.112 e. The lowest BCUT2D eigenvalue weighted by atomic mass is 10.3. The number of pyridine rings is 1. The number of nitrogens with zero attached hydrogens (tertiary/aromatic N) is 1. The monoisotopic (exact) mass is 224 g/mol. The highest BCUT2D eigenvalue weighted by Crippen LogP contribution is 2.29. The first-order valence-electron chi connectivity index (χ1n) is 4.11. The molecule has 74 valence electrons. The van der Waals surface area contributed by atoms with Gasteiger partial charge in [-0.2, -0.15) is 10.9 Å². The molecule has 0 spiro atoms. The van der Waals surface area contributed by atoms with Crippen LogP contribution in [0.15, 0.2) is 24.5 Å². The zero-order chi connectivity index (χ0) is 10.4. The number of nitrogens with two attached hydrogens (primary N) is 1. The van der Waals surface area contributed by atoms with Gasteiger partial charge in [0, 0.05) is 23.9 Å². The molecule has 1 unspecified atom stereocenters. The second kappa shape index (κ2) is 5.63. The van der Waals surface area contributed by atoms with Crippen LogP contribution in [0.25, 0.3) is 0 Å². The zero-order valence-electron chi connectivity index (χ0n) is 7.68. The van der Waals surface area contributed by atoms with Crippen molar-refractivity contribution in [1.82, 2.24) is 4.98 Å². The van der Waals surface area contributed by atoms with Gasteiger partial charge >= 0.3 is 0 Å². The van der Waals surface area contributed by atoms with Gasteiger partial charge in [-0.1, -0.05) is 18.1 Å². The molecule has 0 bridgehead atoms. The first-order valence-corrected chi connectivity index (χ1v) is 6.23. The maximum absolute atomic E-state index is 5.62. The van der Waals surface area contributed by atoms with Crippen molar-refractivity contribution in [3.8, 4) is 12.3 Å². The van der Waals surface area contributed by atoms with Gasteiger partial charge in [0.2, 0.25) is 0 Å². The number of hydrogen-bond acceptors (Lipinski definition) is 2. The van der Waals surface area contributed by atoms with Crippen molar-refractivity contribution in [2.75, 3.05) is 5.75 Å². The third-order valence-electron chi connectivity index (χ3n) is 1.72. The Morgan fingerprint density at radius 1 is 1.57 bits per heavy atom. The molecule has 0 radical (unpaired) electrons. The van der Waals surface area contributed by atoms with E-state index in [0.29, 0.717) is 10.1 Å². The SMILES string of the molecule is C#CC[SH](Cc1ccncc1)C(N)=S. The fourth-order valence-corrected chi connectivity index (χ4v) is 2.71. The predicted octanol–water partition coefficient (Wildman–Crippen LogP) is 1.46. The van der Waals surface area contributed by atoms with E-state index in [9.17, 15) is 0 Å². The summed E-state index contributed by atoms with van der Waals surface area (Å²) in [5.74, 6) is 4.13. The van der Waals surface area contributed by atoms with Gasteiger partial charge in [-0.15, -0.1) is 6.42 Å². The van der Waals surface area contributed by atoms with Crippen LogP contribution in [0.3, 0.4) is 0 Å². The highest BCUT2D eigenvalue weighted by atomic mass is 32.2. The standard InChI is InChI=1S/C10H12N2S2/c1-2-7-14(10(11)13)8-9-3-5-12-6-4-9/h1,3-6,14H,7-8H2,(H2,11,13). The van der Waals surface area contributed by atoms with E-state index in [4.69, 9.17) is 24.4 Å². The molecular formula is C10H12N2S2. The summed E-state index contributed by atoms with van der Waals surface area (Å²) in [6.07, 6.45) is 8.78. The van der Waals surface area contributed by atoms with Gasteiger partial charge in [0.15, 0.2) is 0 Å². The third kappa shape index (κ3) is 3.36. The highest BCUT2D eigenvalue weighted by Gasteiger charge is 2.06. The van der Waals surface area contributed by atoms with Crippen LogP contribution in [0.1, 0.15) is 5.56 Å². The molecule has 0 aromatic carbocycles. The Labute approximate surface area is 92.3 Å². The average molecular weight is 224 g/mol. The Hall–Kier alpha value is -1.05. The molecule has 1 heterocycles. The summed E-state index contributed by atoms with van der Waals surface area (Å²) in [5, 5.41) is 0. The topological polar surface area (TPSA) is 38.9 Å². The van der Waals surface area contributed by atoms with Gasteiger partial charge in [-0.05, 0) is 17.7 Å². The van der Waals surface area contributed by atoms with Crippen LogP contribution in [0, 0.1) is 12.3 Å². The molecule has 14 heavy (non-hydrogen) atoms. The van der Waals surface area contributed by atoms with Gasteiger partial charge in [-0.3, -0.25) is 4.98 Å².